The average Bonchev–Trinajstić information content (AvgIpc) is 2.39. The quantitative estimate of drug-likeness (QED) is 0.634. The van der Waals surface area contributed by atoms with Gasteiger partial charge in [0.1, 0.15) is 11.8 Å². The highest BCUT2D eigenvalue weighted by Crippen LogP contribution is 2.08. The van der Waals surface area contributed by atoms with Crippen molar-refractivity contribution < 1.29 is 24.5 Å². The Morgan fingerprint density at radius 3 is 2.53 bits per heavy atom. The van der Waals surface area contributed by atoms with Crippen LogP contribution in [0.25, 0.3) is 0 Å². The van der Waals surface area contributed by atoms with E-state index in [1.54, 1.807) is 12.1 Å². The maximum Gasteiger partial charge on any atom is 0.326 e. The highest BCUT2D eigenvalue weighted by Gasteiger charge is 2.18. The van der Waals surface area contributed by atoms with E-state index in [4.69, 9.17) is 14.9 Å². The molecule has 0 unspecified atom stereocenters. The molecule has 0 saturated carbocycles. The smallest absolute Gasteiger partial charge is 0.326 e. The number of aliphatic carboxylic acids is 1. The molecular formula is C13H17NO5. The highest BCUT2D eigenvalue weighted by molar-refractivity contribution is 5.83. The van der Waals surface area contributed by atoms with Gasteiger partial charge in [0.05, 0.1) is 13.0 Å². The van der Waals surface area contributed by atoms with Crippen molar-refractivity contribution in [3.8, 4) is 5.75 Å². The second-order valence-corrected chi connectivity index (χ2v) is 3.88. The van der Waals surface area contributed by atoms with Crippen molar-refractivity contribution in [3.05, 3.63) is 30.3 Å². The molecule has 19 heavy (non-hydrogen) atoms. The number of hydrogen-bond donors (Lipinski definition) is 3. The third-order valence-corrected chi connectivity index (χ3v) is 2.39. The predicted molar refractivity (Wildman–Crippen MR) is 67.8 cm³/mol. The van der Waals surface area contributed by atoms with Crippen molar-refractivity contribution in [2.45, 2.75) is 18.9 Å². The second-order valence-electron chi connectivity index (χ2n) is 3.88. The van der Waals surface area contributed by atoms with Gasteiger partial charge in [-0.3, -0.25) is 4.79 Å². The number of benzene rings is 1. The van der Waals surface area contributed by atoms with Gasteiger partial charge in [-0.05, 0) is 12.1 Å². The summed E-state index contributed by atoms with van der Waals surface area (Å²) in [5, 5.41) is 19.8. The Bertz CT molecular complexity index is 407. The molecule has 0 saturated heterocycles. The van der Waals surface area contributed by atoms with Crippen LogP contribution < -0.4 is 10.1 Å². The van der Waals surface area contributed by atoms with E-state index in [2.05, 4.69) is 5.32 Å². The van der Waals surface area contributed by atoms with Gasteiger partial charge >= 0.3 is 5.97 Å². The number of rotatable bonds is 8. The number of amides is 1. The lowest BCUT2D eigenvalue weighted by Crippen LogP contribution is -2.41. The molecule has 0 heterocycles. The molecule has 0 spiro atoms. The minimum Gasteiger partial charge on any atom is -0.493 e. The van der Waals surface area contributed by atoms with Gasteiger partial charge in [0.2, 0.25) is 5.91 Å². The monoisotopic (exact) mass is 267 g/mol. The number of carboxylic acid groups (broad SMARTS) is 1. The Labute approximate surface area is 111 Å². The molecule has 0 aliphatic carbocycles. The van der Waals surface area contributed by atoms with Crippen LogP contribution in [0.5, 0.6) is 5.75 Å². The number of para-hydroxylation sites is 1. The van der Waals surface area contributed by atoms with E-state index in [9.17, 15) is 9.59 Å². The van der Waals surface area contributed by atoms with Crippen LogP contribution in [0.3, 0.4) is 0 Å². The fourth-order valence-electron chi connectivity index (χ4n) is 1.43. The van der Waals surface area contributed by atoms with Gasteiger partial charge in [0.25, 0.3) is 0 Å². The number of ether oxygens (including phenoxy) is 1. The molecule has 1 atom stereocenters. The van der Waals surface area contributed by atoms with Crippen LogP contribution in [0.1, 0.15) is 12.8 Å². The second kappa shape index (κ2) is 8.10. The summed E-state index contributed by atoms with van der Waals surface area (Å²) in [6, 6.07) is 7.96. The Kier molecular flexibility index (Phi) is 6.38. The van der Waals surface area contributed by atoms with Crippen molar-refractivity contribution in [1.82, 2.24) is 5.32 Å². The van der Waals surface area contributed by atoms with E-state index in [1.165, 1.54) is 0 Å². The van der Waals surface area contributed by atoms with Crippen LogP contribution in [0, 0.1) is 0 Å². The van der Waals surface area contributed by atoms with Gasteiger partial charge < -0.3 is 20.3 Å². The van der Waals surface area contributed by atoms with Crippen LogP contribution in [0.4, 0.5) is 0 Å². The Morgan fingerprint density at radius 2 is 1.95 bits per heavy atom. The molecule has 0 aliphatic heterocycles. The third kappa shape index (κ3) is 5.87. The SMILES string of the molecule is O=C(CCOc1ccccc1)N[C@@H](CCO)C(=O)O. The summed E-state index contributed by atoms with van der Waals surface area (Å²) in [6.07, 6.45) is 0.0463. The summed E-state index contributed by atoms with van der Waals surface area (Å²) < 4.78 is 5.32. The van der Waals surface area contributed by atoms with E-state index in [0.717, 1.165) is 0 Å². The van der Waals surface area contributed by atoms with Crippen molar-refractivity contribution in [2.24, 2.45) is 0 Å². The van der Waals surface area contributed by atoms with Crippen LogP contribution in [0.2, 0.25) is 0 Å². The number of aliphatic hydroxyl groups is 1. The van der Waals surface area contributed by atoms with Gasteiger partial charge in [0, 0.05) is 13.0 Å². The van der Waals surface area contributed by atoms with Crippen LogP contribution in [0.15, 0.2) is 30.3 Å². The normalized spacial score (nSPS) is 11.6. The van der Waals surface area contributed by atoms with Gasteiger partial charge in [0.15, 0.2) is 0 Å². The number of carbonyl (C=O) groups is 2. The standard InChI is InChI=1S/C13H17NO5/c15-8-6-11(13(17)18)14-12(16)7-9-19-10-4-2-1-3-5-10/h1-5,11,15H,6-9H2,(H,14,16)(H,17,18)/t11-/m0/s1. The fraction of sp³-hybridized carbons (Fsp3) is 0.385. The number of carboxylic acids is 1. The molecule has 0 aliphatic rings. The van der Waals surface area contributed by atoms with Gasteiger partial charge in [-0.2, -0.15) is 0 Å². The summed E-state index contributed by atoms with van der Waals surface area (Å²) >= 11 is 0. The maximum absolute atomic E-state index is 11.5. The lowest BCUT2D eigenvalue weighted by atomic mass is 10.2. The van der Waals surface area contributed by atoms with Crippen LogP contribution in [-0.4, -0.2) is 41.3 Å². The average molecular weight is 267 g/mol. The van der Waals surface area contributed by atoms with E-state index in [-0.39, 0.29) is 26.1 Å². The predicted octanol–water partition coefficient (Wildman–Crippen LogP) is 0.407. The Morgan fingerprint density at radius 1 is 1.26 bits per heavy atom. The van der Waals surface area contributed by atoms with E-state index in [1.807, 2.05) is 18.2 Å². The molecule has 0 radical (unpaired) electrons. The number of aliphatic hydroxyl groups excluding tert-OH is 1. The Hall–Kier alpha value is -2.08. The van der Waals surface area contributed by atoms with Gasteiger partial charge in [-0.1, -0.05) is 18.2 Å². The number of nitrogens with one attached hydrogen (secondary N) is 1. The largest absolute Gasteiger partial charge is 0.493 e. The zero-order valence-corrected chi connectivity index (χ0v) is 10.4. The molecule has 1 aromatic carbocycles. The van der Waals surface area contributed by atoms with Crippen molar-refractivity contribution >= 4 is 11.9 Å². The van der Waals surface area contributed by atoms with Crippen LogP contribution >= 0.6 is 0 Å². The van der Waals surface area contributed by atoms with Gasteiger partial charge in [-0.25, -0.2) is 4.79 Å². The third-order valence-electron chi connectivity index (χ3n) is 2.39. The van der Waals surface area contributed by atoms with Crippen molar-refractivity contribution in [3.63, 3.8) is 0 Å². The summed E-state index contributed by atoms with van der Waals surface area (Å²) in [5.74, 6) is -0.927. The first-order valence-corrected chi connectivity index (χ1v) is 5.94. The summed E-state index contributed by atoms with van der Waals surface area (Å²) in [7, 11) is 0. The summed E-state index contributed by atoms with van der Waals surface area (Å²) in [4.78, 5) is 22.2. The first kappa shape index (κ1) is 15.0. The van der Waals surface area contributed by atoms with Crippen LogP contribution in [-0.2, 0) is 9.59 Å². The molecule has 104 valence electrons. The lowest BCUT2D eigenvalue weighted by molar-refractivity contribution is -0.142. The fourth-order valence-corrected chi connectivity index (χ4v) is 1.43. The van der Waals surface area contributed by atoms with Gasteiger partial charge in [-0.15, -0.1) is 0 Å². The van der Waals surface area contributed by atoms with E-state index < -0.39 is 17.9 Å². The molecule has 1 aromatic rings. The molecule has 0 bridgehead atoms. The lowest BCUT2D eigenvalue weighted by Gasteiger charge is -2.13. The summed E-state index contributed by atoms with van der Waals surface area (Å²) in [6.45, 7) is -0.126. The minimum atomic E-state index is -1.16. The first-order chi connectivity index (χ1) is 9.13. The van der Waals surface area contributed by atoms with E-state index in [0.29, 0.717) is 5.75 Å². The topological polar surface area (TPSA) is 95.9 Å². The Balaban J connectivity index is 2.29. The molecule has 1 rings (SSSR count). The number of carbonyl (C=O) groups excluding carboxylic acids is 1. The minimum absolute atomic E-state index is 0.0133. The van der Waals surface area contributed by atoms with Crippen molar-refractivity contribution in [1.29, 1.82) is 0 Å². The number of hydrogen-bond acceptors (Lipinski definition) is 4. The maximum atomic E-state index is 11.5. The highest BCUT2D eigenvalue weighted by atomic mass is 16.5. The molecular weight excluding hydrogens is 250 g/mol. The molecule has 0 aromatic heterocycles. The first-order valence-electron chi connectivity index (χ1n) is 5.94. The molecule has 3 N–H and O–H groups in total. The molecule has 0 fully saturated rings. The molecule has 6 heteroatoms. The van der Waals surface area contributed by atoms with E-state index >= 15 is 0 Å². The van der Waals surface area contributed by atoms with Crippen molar-refractivity contribution in [2.75, 3.05) is 13.2 Å². The molecule has 6 nitrogen and oxygen atoms in total. The molecule has 1 amide bonds. The summed E-state index contributed by atoms with van der Waals surface area (Å²) in [5.41, 5.74) is 0. The zero-order chi connectivity index (χ0) is 14.1. The zero-order valence-electron chi connectivity index (χ0n) is 10.4.